The van der Waals surface area contributed by atoms with Gasteiger partial charge in [0.1, 0.15) is 0 Å². The van der Waals surface area contributed by atoms with E-state index >= 15 is 0 Å². The number of rotatable bonds is 2. The smallest absolute Gasteiger partial charge is 0.251 e. The zero-order valence-electron chi connectivity index (χ0n) is 7.21. The van der Waals surface area contributed by atoms with Crippen LogP contribution in [0, 0.1) is 5.92 Å². The number of halogens is 2. The SMILES string of the molecule is CC1CC(O)CN(CC(F)F)C1. The van der Waals surface area contributed by atoms with Gasteiger partial charge in [-0.25, -0.2) is 8.78 Å². The lowest BCUT2D eigenvalue weighted by Gasteiger charge is -2.33. The summed E-state index contributed by atoms with van der Waals surface area (Å²) in [5, 5.41) is 9.28. The highest BCUT2D eigenvalue weighted by Gasteiger charge is 2.24. The van der Waals surface area contributed by atoms with Crippen molar-refractivity contribution in [3.63, 3.8) is 0 Å². The average Bonchev–Trinajstić information content (AvgIpc) is 1.81. The Bertz CT molecular complexity index is 130. The van der Waals surface area contributed by atoms with Crippen LogP contribution in [0.25, 0.3) is 0 Å². The number of hydrogen-bond donors (Lipinski definition) is 1. The molecule has 0 aromatic heterocycles. The van der Waals surface area contributed by atoms with E-state index in [2.05, 4.69) is 0 Å². The molecule has 1 saturated heterocycles. The molecule has 2 nitrogen and oxygen atoms in total. The molecule has 72 valence electrons. The van der Waals surface area contributed by atoms with E-state index < -0.39 is 12.5 Å². The van der Waals surface area contributed by atoms with Gasteiger partial charge >= 0.3 is 0 Å². The molecule has 0 aliphatic carbocycles. The summed E-state index contributed by atoms with van der Waals surface area (Å²) in [6.45, 7) is 2.85. The van der Waals surface area contributed by atoms with Crippen LogP contribution in [0.5, 0.6) is 0 Å². The maximum absolute atomic E-state index is 12.0. The molecule has 2 atom stereocenters. The largest absolute Gasteiger partial charge is 0.392 e. The van der Waals surface area contributed by atoms with Crippen molar-refractivity contribution >= 4 is 0 Å². The highest BCUT2D eigenvalue weighted by atomic mass is 19.3. The van der Waals surface area contributed by atoms with Crippen molar-refractivity contribution < 1.29 is 13.9 Å². The van der Waals surface area contributed by atoms with Crippen LogP contribution in [0.4, 0.5) is 8.78 Å². The van der Waals surface area contributed by atoms with Gasteiger partial charge in [0.25, 0.3) is 6.43 Å². The van der Waals surface area contributed by atoms with Crippen LogP contribution in [0.1, 0.15) is 13.3 Å². The highest BCUT2D eigenvalue weighted by Crippen LogP contribution is 2.16. The van der Waals surface area contributed by atoms with Gasteiger partial charge in [0.05, 0.1) is 12.6 Å². The zero-order valence-corrected chi connectivity index (χ0v) is 7.21. The van der Waals surface area contributed by atoms with E-state index in [4.69, 9.17) is 0 Å². The van der Waals surface area contributed by atoms with Gasteiger partial charge in [0.2, 0.25) is 0 Å². The van der Waals surface area contributed by atoms with Crippen LogP contribution in [0.3, 0.4) is 0 Å². The molecular weight excluding hydrogens is 164 g/mol. The summed E-state index contributed by atoms with van der Waals surface area (Å²) in [6.07, 6.45) is -1.98. The molecular formula is C8H15F2NO. The summed E-state index contributed by atoms with van der Waals surface area (Å²) in [6, 6.07) is 0. The Morgan fingerprint density at radius 1 is 1.50 bits per heavy atom. The van der Waals surface area contributed by atoms with Crippen LogP contribution < -0.4 is 0 Å². The van der Waals surface area contributed by atoms with Gasteiger partial charge in [0.15, 0.2) is 0 Å². The standard InChI is InChI=1S/C8H15F2NO/c1-6-2-7(12)4-11(3-6)5-8(9)10/h6-8,12H,2-5H2,1H3. The molecule has 1 heterocycles. The summed E-state index contributed by atoms with van der Waals surface area (Å²) in [5.41, 5.74) is 0. The second-order valence-corrected chi connectivity index (χ2v) is 3.60. The first-order valence-electron chi connectivity index (χ1n) is 4.26. The number of β-amino-alcohol motifs (C(OH)–C–C–N with tert-alkyl or cyclic N) is 1. The van der Waals surface area contributed by atoms with Crippen molar-refractivity contribution in [3.8, 4) is 0 Å². The highest BCUT2D eigenvalue weighted by molar-refractivity contribution is 4.76. The van der Waals surface area contributed by atoms with Crippen molar-refractivity contribution in [2.24, 2.45) is 5.92 Å². The summed E-state index contributed by atoms with van der Waals surface area (Å²) in [5.74, 6) is 0.326. The monoisotopic (exact) mass is 179 g/mol. The summed E-state index contributed by atoms with van der Waals surface area (Å²) >= 11 is 0. The minimum absolute atomic E-state index is 0.207. The van der Waals surface area contributed by atoms with Gasteiger partial charge in [-0.1, -0.05) is 6.92 Å². The molecule has 1 fully saturated rings. The van der Waals surface area contributed by atoms with Crippen LogP contribution in [-0.4, -0.2) is 42.2 Å². The first-order chi connectivity index (χ1) is 5.58. The molecule has 1 aliphatic rings. The second kappa shape index (κ2) is 4.14. The normalized spacial score (nSPS) is 32.8. The number of likely N-dealkylation sites (tertiary alicyclic amines) is 1. The van der Waals surface area contributed by atoms with Crippen LogP contribution in [0.15, 0.2) is 0 Å². The van der Waals surface area contributed by atoms with Crippen LogP contribution >= 0.6 is 0 Å². The van der Waals surface area contributed by atoms with E-state index in [0.29, 0.717) is 19.0 Å². The predicted molar refractivity (Wildman–Crippen MR) is 42.2 cm³/mol. The fourth-order valence-electron chi connectivity index (χ4n) is 1.77. The predicted octanol–water partition coefficient (Wildman–Crippen LogP) is 0.954. The van der Waals surface area contributed by atoms with Gasteiger partial charge in [-0.05, 0) is 12.3 Å². The van der Waals surface area contributed by atoms with E-state index in [1.807, 2.05) is 6.92 Å². The van der Waals surface area contributed by atoms with E-state index in [0.717, 1.165) is 6.42 Å². The Balaban J connectivity index is 2.34. The molecule has 0 bridgehead atoms. The van der Waals surface area contributed by atoms with Gasteiger partial charge in [-0.3, -0.25) is 4.90 Å². The number of aliphatic hydroxyl groups excluding tert-OH is 1. The Morgan fingerprint density at radius 3 is 2.67 bits per heavy atom. The molecule has 2 unspecified atom stereocenters. The molecule has 0 saturated carbocycles. The molecule has 0 aromatic carbocycles. The first kappa shape index (κ1) is 9.86. The molecule has 0 radical (unpaired) electrons. The maximum atomic E-state index is 12.0. The van der Waals surface area contributed by atoms with Crippen LogP contribution in [-0.2, 0) is 0 Å². The lowest BCUT2D eigenvalue weighted by Crippen LogP contribution is -2.44. The quantitative estimate of drug-likeness (QED) is 0.682. The fourth-order valence-corrected chi connectivity index (χ4v) is 1.77. The van der Waals surface area contributed by atoms with Gasteiger partial charge in [-0.2, -0.15) is 0 Å². The number of piperidine rings is 1. The lowest BCUT2D eigenvalue weighted by molar-refractivity contribution is 0.0106. The Morgan fingerprint density at radius 2 is 2.17 bits per heavy atom. The minimum Gasteiger partial charge on any atom is -0.392 e. The summed E-state index contributed by atoms with van der Waals surface area (Å²) < 4.78 is 23.9. The lowest BCUT2D eigenvalue weighted by atomic mass is 9.98. The maximum Gasteiger partial charge on any atom is 0.251 e. The second-order valence-electron chi connectivity index (χ2n) is 3.60. The third-order valence-corrected chi connectivity index (χ3v) is 2.11. The number of alkyl halides is 2. The third-order valence-electron chi connectivity index (χ3n) is 2.11. The first-order valence-corrected chi connectivity index (χ1v) is 4.26. The molecule has 1 aliphatic heterocycles. The van der Waals surface area contributed by atoms with E-state index in [9.17, 15) is 13.9 Å². The molecule has 0 aromatic rings. The van der Waals surface area contributed by atoms with E-state index in [1.165, 1.54) is 0 Å². The number of nitrogens with zero attached hydrogens (tertiary/aromatic N) is 1. The molecule has 12 heavy (non-hydrogen) atoms. The molecule has 1 rings (SSSR count). The zero-order chi connectivity index (χ0) is 9.14. The van der Waals surface area contributed by atoms with Crippen molar-refractivity contribution in [3.05, 3.63) is 0 Å². The molecule has 4 heteroatoms. The fraction of sp³-hybridized carbons (Fsp3) is 1.00. The molecule has 0 spiro atoms. The Labute approximate surface area is 71.2 Å². The van der Waals surface area contributed by atoms with Crippen molar-refractivity contribution in [2.45, 2.75) is 25.9 Å². The topological polar surface area (TPSA) is 23.5 Å². The third kappa shape index (κ3) is 3.03. The average molecular weight is 179 g/mol. The Kier molecular flexibility index (Phi) is 3.40. The van der Waals surface area contributed by atoms with E-state index in [-0.39, 0.29) is 6.54 Å². The van der Waals surface area contributed by atoms with Gasteiger partial charge in [0, 0.05) is 13.1 Å². The van der Waals surface area contributed by atoms with Gasteiger partial charge in [-0.15, -0.1) is 0 Å². The van der Waals surface area contributed by atoms with Gasteiger partial charge < -0.3 is 5.11 Å². The number of hydrogen-bond acceptors (Lipinski definition) is 2. The minimum atomic E-state index is -2.29. The molecule has 0 amide bonds. The summed E-state index contributed by atoms with van der Waals surface area (Å²) in [7, 11) is 0. The molecule has 1 N–H and O–H groups in total. The van der Waals surface area contributed by atoms with Crippen molar-refractivity contribution in [2.75, 3.05) is 19.6 Å². The summed E-state index contributed by atoms with van der Waals surface area (Å²) in [4.78, 5) is 1.63. The van der Waals surface area contributed by atoms with Crippen molar-refractivity contribution in [1.29, 1.82) is 0 Å². The van der Waals surface area contributed by atoms with Crippen LogP contribution in [0.2, 0.25) is 0 Å². The van der Waals surface area contributed by atoms with Crippen molar-refractivity contribution in [1.82, 2.24) is 4.90 Å². The van der Waals surface area contributed by atoms with E-state index in [1.54, 1.807) is 4.90 Å². The Hall–Kier alpha value is -0.220. The number of aliphatic hydroxyl groups is 1.